The number of nitrogens with one attached hydrogen (secondary N) is 1. The van der Waals surface area contributed by atoms with Crippen LogP contribution < -0.4 is 9.64 Å². The summed E-state index contributed by atoms with van der Waals surface area (Å²) >= 11 is 0. The van der Waals surface area contributed by atoms with E-state index in [1.165, 1.54) is 7.11 Å². The number of ether oxygens (including phenoxy) is 2. The fourth-order valence-electron chi connectivity index (χ4n) is 3.14. The zero-order valence-electron chi connectivity index (χ0n) is 14.9. The predicted octanol–water partition coefficient (Wildman–Crippen LogP) is 2.76. The molecular weight excluding hydrogens is 336 g/mol. The number of hydrogen-bond acceptors (Lipinski definition) is 5. The highest BCUT2D eigenvalue weighted by atomic mass is 16.5. The molecule has 1 aromatic carbocycles. The van der Waals surface area contributed by atoms with Gasteiger partial charge in [0.05, 0.1) is 12.7 Å². The number of carbonyl (C=O) groups excluding carboxylic acids is 3. The number of hydrogen-bond donors (Lipinski definition) is 1. The summed E-state index contributed by atoms with van der Waals surface area (Å²) in [6.45, 7) is 4.06. The van der Waals surface area contributed by atoms with Crippen LogP contribution in [0.15, 0.2) is 24.3 Å². The summed E-state index contributed by atoms with van der Waals surface area (Å²) in [5, 5.41) is 0. The minimum absolute atomic E-state index is 0.0996. The normalized spacial score (nSPS) is 13.8. The topological polar surface area (TPSA) is 88.7 Å². The van der Waals surface area contributed by atoms with E-state index < -0.39 is 11.9 Å². The molecule has 3 rings (SSSR count). The number of nitrogens with zero attached hydrogens (tertiary/aromatic N) is 1. The van der Waals surface area contributed by atoms with Crippen molar-refractivity contribution in [1.29, 1.82) is 0 Å². The number of aryl methyl sites for hydroxylation is 1. The quantitative estimate of drug-likeness (QED) is 0.672. The molecular formula is C19H20N2O5. The largest absolute Gasteiger partial charge is 0.465 e. The number of amides is 1. The van der Waals surface area contributed by atoms with Gasteiger partial charge in [0.2, 0.25) is 5.91 Å². The van der Waals surface area contributed by atoms with Crippen LogP contribution in [-0.4, -0.2) is 36.5 Å². The molecule has 0 unspecified atom stereocenters. The summed E-state index contributed by atoms with van der Waals surface area (Å²) in [5.41, 5.74) is 2.36. The average Bonchev–Trinajstić information content (AvgIpc) is 3.18. The zero-order chi connectivity index (χ0) is 18.8. The fourth-order valence-corrected chi connectivity index (χ4v) is 3.14. The van der Waals surface area contributed by atoms with Gasteiger partial charge < -0.3 is 19.4 Å². The molecule has 26 heavy (non-hydrogen) atoms. The third kappa shape index (κ3) is 3.20. The van der Waals surface area contributed by atoms with Gasteiger partial charge in [0.25, 0.3) is 0 Å². The van der Waals surface area contributed by atoms with Gasteiger partial charge in [-0.05, 0) is 50.1 Å². The predicted molar refractivity (Wildman–Crippen MR) is 94.6 cm³/mol. The van der Waals surface area contributed by atoms with Gasteiger partial charge in [0.15, 0.2) is 0 Å². The number of esters is 2. The van der Waals surface area contributed by atoms with Crippen LogP contribution in [0, 0.1) is 13.8 Å². The highest BCUT2D eigenvalue weighted by Gasteiger charge is 2.24. The molecule has 1 aliphatic rings. The first-order valence-electron chi connectivity index (χ1n) is 8.32. The number of methoxy groups -OCH3 is 1. The summed E-state index contributed by atoms with van der Waals surface area (Å²) in [4.78, 5) is 40.6. The van der Waals surface area contributed by atoms with Gasteiger partial charge in [0, 0.05) is 24.3 Å². The maximum absolute atomic E-state index is 12.4. The van der Waals surface area contributed by atoms with E-state index in [9.17, 15) is 14.4 Å². The van der Waals surface area contributed by atoms with Gasteiger partial charge >= 0.3 is 11.9 Å². The van der Waals surface area contributed by atoms with Crippen LogP contribution in [0.5, 0.6) is 5.75 Å². The Morgan fingerprint density at radius 3 is 2.38 bits per heavy atom. The van der Waals surface area contributed by atoms with Crippen LogP contribution in [-0.2, 0) is 9.53 Å². The maximum Gasteiger partial charge on any atom is 0.360 e. The molecule has 7 heteroatoms. The Kier molecular flexibility index (Phi) is 4.79. The van der Waals surface area contributed by atoms with E-state index in [0.717, 1.165) is 12.1 Å². The Morgan fingerprint density at radius 2 is 1.81 bits per heavy atom. The second kappa shape index (κ2) is 7.03. The van der Waals surface area contributed by atoms with Crippen molar-refractivity contribution in [2.75, 3.05) is 18.6 Å². The van der Waals surface area contributed by atoms with E-state index in [1.807, 2.05) is 0 Å². The first-order chi connectivity index (χ1) is 12.4. The van der Waals surface area contributed by atoms with E-state index in [-0.39, 0.29) is 11.6 Å². The molecule has 0 radical (unpaired) electrons. The Labute approximate surface area is 150 Å². The molecule has 2 aromatic rings. The smallest absolute Gasteiger partial charge is 0.360 e. The molecule has 136 valence electrons. The van der Waals surface area contributed by atoms with Crippen molar-refractivity contribution in [1.82, 2.24) is 4.98 Å². The Hall–Kier alpha value is -3.09. The van der Waals surface area contributed by atoms with Gasteiger partial charge in [-0.25, -0.2) is 9.59 Å². The van der Waals surface area contributed by atoms with Crippen molar-refractivity contribution in [2.24, 2.45) is 0 Å². The van der Waals surface area contributed by atoms with Crippen molar-refractivity contribution in [3.05, 3.63) is 46.8 Å². The molecule has 0 bridgehead atoms. The zero-order valence-corrected chi connectivity index (χ0v) is 14.9. The van der Waals surface area contributed by atoms with Gasteiger partial charge in [-0.3, -0.25) is 4.79 Å². The molecule has 2 heterocycles. The lowest BCUT2D eigenvalue weighted by Crippen LogP contribution is -2.23. The van der Waals surface area contributed by atoms with Gasteiger partial charge in [-0.2, -0.15) is 0 Å². The van der Waals surface area contributed by atoms with E-state index in [2.05, 4.69) is 4.98 Å². The van der Waals surface area contributed by atoms with E-state index >= 15 is 0 Å². The van der Waals surface area contributed by atoms with Gasteiger partial charge in [-0.1, -0.05) is 0 Å². The highest BCUT2D eigenvalue weighted by molar-refractivity contribution is 5.99. The Morgan fingerprint density at radius 1 is 1.12 bits per heavy atom. The SMILES string of the molecule is COC(=O)c1c(C)[nH]c(C(=O)Oc2ccc(N3CCCC3=O)cc2)c1C. The van der Waals surface area contributed by atoms with Crippen LogP contribution >= 0.6 is 0 Å². The average molecular weight is 356 g/mol. The Bertz CT molecular complexity index is 867. The standard InChI is InChI=1S/C19H20N2O5/c1-11-16(18(23)25-3)12(2)20-17(11)19(24)26-14-8-6-13(7-9-14)21-10-4-5-15(21)22/h6-9,20H,4-5,10H2,1-3H3. The number of H-pyrrole nitrogens is 1. The van der Waals surface area contributed by atoms with E-state index in [1.54, 1.807) is 43.0 Å². The monoisotopic (exact) mass is 356 g/mol. The number of rotatable bonds is 4. The van der Waals surface area contributed by atoms with E-state index in [0.29, 0.717) is 35.5 Å². The van der Waals surface area contributed by atoms with Crippen molar-refractivity contribution >= 4 is 23.5 Å². The second-order valence-electron chi connectivity index (χ2n) is 6.15. The van der Waals surface area contributed by atoms with Gasteiger partial charge in [0.1, 0.15) is 11.4 Å². The number of aromatic amines is 1. The number of aromatic nitrogens is 1. The third-order valence-electron chi connectivity index (χ3n) is 4.46. The van der Waals surface area contributed by atoms with Crippen molar-refractivity contribution in [3.63, 3.8) is 0 Å². The highest BCUT2D eigenvalue weighted by Crippen LogP contribution is 2.25. The number of anilines is 1. The maximum atomic E-state index is 12.4. The minimum Gasteiger partial charge on any atom is -0.465 e. The first kappa shape index (κ1) is 17.7. The van der Waals surface area contributed by atoms with Crippen molar-refractivity contribution in [3.8, 4) is 5.75 Å². The summed E-state index contributed by atoms with van der Waals surface area (Å²) < 4.78 is 10.1. The fraction of sp³-hybridized carbons (Fsp3) is 0.316. The summed E-state index contributed by atoms with van der Waals surface area (Å²) in [7, 11) is 1.29. The van der Waals surface area contributed by atoms with Crippen LogP contribution in [0.3, 0.4) is 0 Å². The molecule has 0 aliphatic carbocycles. The third-order valence-corrected chi connectivity index (χ3v) is 4.46. The molecule has 1 amide bonds. The molecule has 0 spiro atoms. The van der Waals surface area contributed by atoms with Crippen LogP contribution in [0.25, 0.3) is 0 Å². The van der Waals surface area contributed by atoms with Crippen molar-refractivity contribution in [2.45, 2.75) is 26.7 Å². The first-order valence-corrected chi connectivity index (χ1v) is 8.32. The van der Waals surface area contributed by atoms with Gasteiger partial charge in [-0.15, -0.1) is 0 Å². The van der Waals surface area contributed by atoms with Crippen LogP contribution in [0.1, 0.15) is 44.9 Å². The molecule has 1 N–H and O–H groups in total. The number of benzene rings is 1. The lowest BCUT2D eigenvalue weighted by molar-refractivity contribution is -0.117. The number of carbonyl (C=O) groups is 3. The lowest BCUT2D eigenvalue weighted by atomic mass is 10.1. The second-order valence-corrected chi connectivity index (χ2v) is 6.15. The van der Waals surface area contributed by atoms with Crippen LogP contribution in [0.2, 0.25) is 0 Å². The summed E-state index contributed by atoms with van der Waals surface area (Å²) in [6.07, 6.45) is 1.41. The molecule has 1 fully saturated rings. The Balaban J connectivity index is 1.76. The molecule has 1 saturated heterocycles. The molecule has 7 nitrogen and oxygen atoms in total. The molecule has 1 aliphatic heterocycles. The minimum atomic E-state index is -0.592. The van der Waals surface area contributed by atoms with Crippen molar-refractivity contribution < 1.29 is 23.9 Å². The van der Waals surface area contributed by atoms with Crippen LogP contribution in [0.4, 0.5) is 5.69 Å². The molecule has 0 saturated carbocycles. The molecule has 0 atom stereocenters. The summed E-state index contributed by atoms with van der Waals surface area (Å²) in [5.74, 6) is -0.639. The summed E-state index contributed by atoms with van der Waals surface area (Å²) in [6, 6.07) is 6.79. The molecule has 1 aromatic heterocycles. The lowest BCUT2D eigenvalue weighted by Gasteiger charge is -2.15. The van der Waals surface area contributed by atoms with E-state index in [4.69, 9.17) is 9.47 Å².